The fourth-order valence-electron chi connectivity index (χ4n) is 2.88. The van der Waals surface area contributed by atoms with E-state index in [0.29, 0.717) is 23.5 Å². The molecule has 0 aromatic rings. The van der Waals surface area contributed by atoms with Crippen LogP contribution >= 0.6 is 0 Å². The van der Waals surface area contributed by atoms with E-state index in [-0.39, 0.29) is 0 Å². The van der Waals surface area contributed by atoms with Gasteiger partial charge in [-0.15, -0.1) is 0 Å². The van der Waals surface area contributed by atoms with Crippen LogP contribution in [0, 0.1) is 5.92 Å². The van der Waals surface area contributed by atoms with E-state index in [4.69, 9.17) is 4.74 Å². The van der Waals surface area contributed by atoms with Crippen LogP contribution in [0.2, 0.25) is 0 Å². The largest absolute Gasteiger partial charge is 0.385 e. The van der Waals surface area contributed by atoms with E-state index in [2.05, 4.69) is 44.8 Å². The first-order valence-corrected chi connectivity index (χ1v) is 7.43. The Bertz CT molecular complexity index is 245. The van der Waals surface area contributed by atoms with Gasteiger partial charge in [0.25, 0.3) is 0 Å². The van der Waals surface area contributed by atoms with Gasteiger partial charge in [0.2, 0.25) is 0 Å². The summed E-state index contributed by atoms with van der Waals surface area (Å²) in [7, 11) is 1.79. The van der Waals surface area contributed by atoms with Crippen LogP contribution in [0.4, 0.5) is 0 Å². The Hall–Kier alpha value is -0.120. The van der Waals surface area contributed by atoms with E-state index in [1.807, 2.05) is 0 Å². The molecule has 108 valence electrons. The Balaban J connectivity index is 2.72. The lowest BCUT2D eigenvalue weighted by molar-refractivity contribution is -0.00187. The van der Waals surface area contributed by atoms with Crippen LogP contribution in [-0.4, -0.2) is 49.3 Å². The Kier molecular flexibility index (Phi) is 6.09. The second-order valence-corrected chi connectivity index (χ2v) is 6.36. The molecule has 3 atom stereocenters. The number of ether oxygens (including phenoxy) is 1. The van der Waals surface area contributed by atoms with Crippen LogP contribution in [0.3, 0.4) is 0 Å². The summed E-state index contributed by atoms with van der Waals surface area (Å²) in [4.78, 5) is 2.70. The van der Waals surface area contributed by atoms with Gasteiger partial charge in [-0.25, -0.2) is 0 Å². The van der Waals surface area contributed by atoms with Gasteiger partial charge in [0, 0.05) is 44.4 Å². The minimum Gasteiger partial charge on any atom is -0.385 e. The van der Waals surface area contributed by atoms with Crippen molar-refractivity contribution >= 4 is 0 Å². The highest BCUT2D eigenvalue weighted by Gasteiger charge is 2.39. The number of hydrogen-bond acceptors (Lipinski definition) is 3. The van der Waals surface area contributed by atoms with E-state index in [9.17, 15) is 0 Å². The lowest BCUT2D eigenvalue weighted by Crippen LogP contribution is -2.66. The minimum atomic E-state index is 0.290. The first-order valence-electron chi connectivity index (χ1n) is 7.43. The maximum absolute atomic E-state index is 5.24. The molecule has 3 heteroatoms. The zero-order valence-corrected chi connectivity index (χ0v) is 13.1. The van der Waals surface area contributed by atoms with Gasteiger partial charge in [-0.05, 0) is 32.6 Å². The molecule has 0 radical (unpaired) electrons. The van der Waals surface area contributed by atoms with Gasteiger partial charge in [-0.2, -0.15) is 0 Å². The molecule has 3 nitrogen and oxygen atoms in total. The fourth-order valence-corrected chi connectivity index (χ4v) is 2.88. The Morgan fingerprint density at radius 2 is 2.06 bits per heavy atom. The number of piperazine rings is 1. The van der Waals surface area contributed by atoms with Gasteiger partial charge in [0.15, 0.2) is 0 Å². The highest BCUT2D eigenvalue weighted by molar-refractivity contribution is 4.97. The monoisotopic (exact) mass is 256 g/mol. The van der Waals surface area contributed by atoms with Crippen LogP contribution in [0.25, 0.3) is 0 Å². The third kappa shape index (κ3) is 3.69. The van der Waals surface area contributed by atoms with Crippen LogP contribution in [0.15, 0.2) is 0 Å². The molecule has 1 saturated heterocycles. The smallest absolute Gasteiger partial charge is 0.0477 e. The SMILES string of the molecule is CCC1(C)CNC(C(C)C)CN1C(C)CCOC. The molecule has 3 unspecified atom stereocenters. The number of nitrogens with one attached hydrogen (secondary N) is 1. The molecular weight excluding hydrogens is 224 g/mol. The molecule has 1 fully saturated rings. The molecule has 0 saturated carbocycles. The lowest BCUT2D eigenvalue weighted by atomic mass is 9.87. The number of hydrogen-bond donors (Lipinski definition) is 1. The molecule has 1 aliphatic rings. The zero-order chi connectivity index (χ0) is 13.8. The summed E-state index contributed by atoms with van der Waals surface area (Å²) in [6, 6.07) is 1.22. The molecule has 0 aromatic carbocycles. The van der Waals surface area contributed by atoms with Crippen molar-refractivity contribution in [1.29, 1.82) is 0 Å². The highest BCUT2D eigenvalue weighted by Crippen LogP contribution is 2.28. The zero-order valence-electron chi connectivity index (χ0n) is 13.1. The number of rotatable bonds is 6. The van der Waals surface area contributed by atoms with E-state index < -0.39 is 0 Å². The third-order valence-corrected chi connectivity index (χ3v) is 4.67. The van der Waals surface area contributed by atoms with E-state index in [1.54, 1.807) is 7.11 Å². The third-order valence-electron chi connectivity index (χ3n) is 4.67. The van der Waals surface area contributed by atoms with E-state index >= 15 is 0 Å². The molecule has 0 bridgehead atoms. The Morgan fingerprint density at radius 3 is 2.56 bits per heavy atom. The van der Waals surface area contributed by atoms with Gasteiger partial charge >= 0.3 is 0 Å². The molecule has 1 rings (SSSR count). The van der Waals surface area contributed by atoms with Crippen molar-refractivity contribution in [3.63, 3.8) is 0 Å². The van der Waals surface area contributed by atoms with E-state index in [1.165, 1.54) is 6.42 Å². The van der Waals surface area contributed by atoms with Crippen LogP contribution in [-0.2, 0) is 4.74 Å². The predicted octanol–water partition coefficient (Wildman–Crippen LogP) is 2.51. The number of nitrogens with zero attached hydrogens (tertiary/aromatic N) is 1. The summed E-state index contributed by atoms with van der Waals surface area (Å²) in [6.45, 7) is 14.8. The maximum Gasteiger partial charge on any atom is 0.0477 e. The molecule has 1 N–H and O–H groups in total. The Morgan fingerprint density at radius 1 is 1.39 bits per heavy atom. The fraction of sp³-hybridized carbons (Fsp3) is 1.00. The summed E-state index contributed by atoms with van der Waals surface area (Å²) in [5.74, 6) is 0.698. The first kappa shape index (κ1) is 15.9. The van der Waals surface area contributed by atoms with Crippen molar-refractivity contribution in [1.82, 2.24) is 10.2 Å². The van der Waals surface area contributed by atoms with Crippen molar-refractivity contribution in [2.75, 3.05) is 26.8 Å². The van der Waals surface area contributed by atoms with Gasteiger partial charge in [-0.1, -0.05) is 20.8 Å². The lowest BCUT2D eigenvalue weighted by Gasteiger charge is -2.51. The van der Waals surface area contributed by atoms with Gasteiger partial charge in [0.05, 0.1) is 0 Å². The van der Waals surface area contributed by atoms with Gasteiger partial charge in [0.1, 0.15) is 0 Å². The summed E-state index contributed by atoms with van der Waals surface area (Å²) in [5.41, 5.74) is 0.290. The van der Waals surface area contributed by atoms with Gasteiger partial charge in [-0.3, -0.25) is 4.90 Å². The standard InChI is InChI=1S/C15H32N2O/c1-7-15(5)11-16-14(12(2)3)10-17(15)13(4)8-9-18-6/h12-14,16H,7-11H2,1-6H3. The minimum absolute atomic E-state index is 0.290. The molecule has 0 spiro atoms. The van der Waals surface area contributed by atoms with Crippen molar-refractivity contribution in [3.8, 4) is 0 Å². The molecule has 18 heavy (non-hydrogen) atoms. The molecule has 1 aliphatic heterocycles. The quantitative estimate of drug-likeness (QED) is 0.790. The second kappa shape index (κ2) is 6.88. The average Bonchev–Trinajstić information content (AvgIpc) is 2.36. The maximum atomic E-state index is 5.24. The first-order chi connectivity index (χ1) is 8.44. The Labute approximate surface area is 113 Å². The summed E-state index contributed by atoms with van der Waals surface area (Å²) >= 11 is 0. The van der Waals surface area contributed by atoms with Crippen molar-refractivity contribution < 1.29 is 4.74 Å². The topological polar surface area (TPSA) is 24.5 Å². The highest BCUT2D eigenvalue weighted by atomic mass is 16.5. The van der Waals surface area contributed by atoms with Crippen LogP contribution in [0.1, 0.15) is 47.5 Å². The van der Waals surface area contributed by atoms with Crippen molar-refractivity contribution in [2.24, 2.45) is 5.92 Å². The van der Waals surface area contributed by atoms with E-state index in [0.717, 1.165) is 26.1 Å². The van der Waals surface area contributed by atoms with Crippen molar-refractivity contribution in [3.05, 3.63) is 0 Å². The van der Waals surface area contributed by atoms with Crippen LogP contribution < -0.4 is 5.32 Å². The summed E-state index contributed by atoms with van der Waals surface area (Å²) in [5, 5.41) is 3.73. The molecule has 0 aliphatic carbocycles. The second-order valence-electron chi connectivity index (χ2n) is 6.36. The predicted molar refractivity (Wildman–Crippen MR) is 78.0 cm³/mol. The average molecular weight is 256 g/mol. The molecular formula is C15H32N2O. The summed E-state index contributed by atoms with van der Waals surface area (Å²) in [6.07, 6.45) is 2.32. The molecule has 0 amide bonds. The normalized spacial score (nSPS) is 31.8. The molecule has 0 aromatic heterocycles. The van der Waals surface area contributed by atoms with Crippen LogP contribution in [0.5, 0.6) is 0 Å². The number of methoxy groups -OCH3 is 1. The summed E-state index contributed by atoms with van der Waals surface area (Å²) < 4.78 is 5.24. The van der Waals surface area contributed by atoms with Gasteiger partial charge < -0.3 is 10.1 Å². The molecule has 1 heterocycles. The van der Waals surface area contributed by atoms with Crippen molar-refractivity contribution in [2.45, 2.75) is 65.1 Å².